The zero-order valence-electron chi connectivity index (χ0n) is 8.21. The summed E-state index contributed by atoms with van der Waals surface area (Å²) in [6.07, 6.45) is 3.44. The van der Waals surface area contributed by atoms with Crippen molar-refractivity contribution in [1.82, 2.24) is 0 Å². The molecule has 0 aromatic carbocycles. The second kappa shape index (κ2) is 3.35. The average Bonchev–Trinajstić information content (AvgIpc) is 1.94. The highest BCUT2D eigenvalue weighted by Gasteiger charge is 2.27. The van der Waals surface area contributed by atoms with Crippen LogP contribution in [0.15, 0.2) is 23.5 Å². The fourth-order valence-electron chi connectivity index (χ4n) is 1.35. The number of aliphatic hydroxyl groups is 1. The van der Waals surface area contributed by atoms with E-state index in [1.807, 2.05) is 26.8 Å². The van der Waals surface area contributed by atoms with Gasteiger partial charge in [-0.3, -0.25) is 0 Å². The van der Waals surface area contributed by atoms with Gasteiger partial charge in [-0.1, -0.05) is 26.8 Å². The van der Waals surface area contributed by atoms with Crippen molar-refractivity contribution in [3.05, 3.63) is 23.5 Å². The van der Waals surface area contributed by atoms with Gasteiger partial charge in [0, 0.05) is 6.04 Å². The quantitative estimate of drug-likeness (QED) is 0.591. The van der Waals surface area contributed by atoms with Crippen molar-refractivity contribution >= 4 is 11.6 Å². The van der Waals surface area contributed by atoms with Crippen molar-refractivity contribution < 1.29 is 5.11 Å². The van der Waals surface area contributed by atoms with Gasteiger partial charge in [0.15, 0.2) is 0 Å². The summed E-state index contributed by atoms with van der Waals surface area (Å²) in [6.45, 7) is 6.09. The first-order valence-corrected chi connectivity index (χ1v) is 4.79. The van der Waals surface area contributed by atoms with Crippen LogP contribution >= 0.6 is 11.6 Å². The SMILES string of the molecule is CC(C)(C)C1=CC(Cl)C(N)C=C1O. The molecule has 0 heterocycles. The number of hydrogen-bond acceptors (Lipinski definition) is 2. The maximum Gasteiger partial charge on any atom is 0.116 e. The highest BCUT2D eigenvalue weighted by molar-refractivity contribution is 6.22. The van der Waals surface area contributed by atoms with Gasteiger partial charge in [-0.2, -0.15) is 0 Å². The Morgan fingerprint density at radius 3 is 2.38 bits per heavy atom. The van der Waals surface area contributed by atoms with E-state index in [2.05, 4.69) is 0 Å². The van der Waals surface area contributed by atoms with Gasteiger partial charge in [0.1, 0.15) is 5.76 Å². The monoisotopic (exact) mass is 201 g/mol. The van der Waals surface area contributed by atoms with Gasteiger partial charge in [-0.05, 0) is 17.1 Å². The highest BCUT2D eigenvalue weighted by atomic mass is 35.5. The fraction of sp³-hybridized carbons (Fsp3) is 0.600. The van der Waals surface area contributed by atoms with E-state index in [1.54, 1.807) is 6.08 Å². The first kappa shape index (κ1) is 10.6. The number of aliphatic hydroxyl groups excluding tert-OH is 1. The van der Waals surface area contributed by atoms with Crippen molar-refractivity contribution in [1.29, 1.82) is 0 Å². The third-order valence-corrected chi connectivity index (χ3v) is 2.54. The Kier molecular flexibility index (Phi) is 2.74. The van der Waals surface area contributed by atoms with Crippen LogP contribution in [0.1, 0.15) is 20.8 Å². The molecule has 0 aromatic heterocycles. The molecule has 0 bridgehead atoms. The van der Waals surface area contributed by atoms with Crippen LogP contribution < -0.4 is 5.73 Å². The lowest BCUT2D eigenvalue weighted by atomic mass is 9.81. The third-order valence-electron chi connectivity index (χ3n) is 2.13. The number of halogens is 1. The molecule has 1 aliphatic rings. The van der Waals surface area contributed by atoms with Gasteiger partial charge in [-0.25, -0.2) is 0 Å². The molecule has 0 saturated heterocycles. The van der Waals surface area contributed by atoms with Crippen LogP contribution in [0.25, 0.3) is 0 Å². The molecule has 2 atom stereocenters. The van der Waals surface area contributed by atoms with Crippen LogP contribution in [-0.2, 0) is 0 Å². The van der Waals surface area contributed by atoms with Crippen molar-refractivity contribution in [3.63, 3.8) is 0 Å². The van der Waals surface area contributed by atoms with E-state index in [4.69, 9.17) is 17.3 Å². The van der Waals surface area contributed by atoms with Crippen LogP contribution in [0.4, 0.5) is 0 Å². The zero-order valence-corrected chi connectivity index (χ0v) is 8.97. The molecule has 0 amide bonds. The van der Waals surface area contributed by atoms with E-state index in [1.165, 1.54) is 0 Å². The van der Waals surface area contributed by atoms with E-state index in [9.17, 15) is 5.11 Å². The van der Waals surface area contributed by atoms with Crippen molar-refractivity contribution in [2.45, 2.75) is 32.2 Å². The van der Waals surface area contributed by atoms with E-state index < -0.39 is 0 Å². The molecule has 0 fully saturated rings. The maximum absolute atomic E-state index is 9.65. The van der Waals surface area contributed by atoms with Crippen molar-refractivity contribution in [2.75, 3.05) is 0 Å². The van der Waals surface area contributed by atoms with Gasteiger partial charge in [0.05, 0.1) is 5.38 Å². The highest BCUT2D eigenvalue weighted by Crippen LogP contribution is 2.34. The summed E-state index contributed by atoms with van der Waals surface area (Å²) < 4.78 is 0. The predicted octanol–water partition coefficient (Wildman–Crippen LogP) is 2.35. The maximum atomic E-state index is 9.65. The lowest BCUT2D eigenvalue weighted by Gasteiger charge is -2.28. The summed E-state index contributed by atoms with van der Waals surface area (Å²) in [6, 6.07) is -0.284. The lowest BCUT2D eigenvalue weighted by Crippen LogP contribution is -2.32. The second-order valence-electron chi connectivity index (χ2n) is 4.40. The van der Waals surface area contributed by atoms with Gasteiger partial charge in [0.2, 0.25) is 0 Å². The summed E-state index contributed by atoms with van der Waals surface area (Å²) in [5, 5.41) is 9.43. The Labute approximate surface area is 84.1 Å². The largest absolute Gasteiger partial charge is 0.508 e. The van der Waals surface area contributed by atoms with Crippen LogP contribution in [0, 0.1) is 5.41 Å². The molecule has 0 saturated carbocycles. The molecule has 1 rings (SSSR count). The molecule has 2 nitrogen and oxygen atoms in total. The Balaban J connectivity index is 3.00. The molecule has 0 aliphatic heterocycles. The minimum absolute atomic E-state index is 0.0894. The Hall–Kier alpha value is -0.470. The summed E-state index contributed by atoms with van der Waals surface area (Å²) in [5.41, 5.74) is 6.44. The van der Waals surface area contributed by atoms with E-state index in [-0.39, 0.29) is 22.6 Å². The predicted molar refractivity (Wildman–Crippen MR) is 55.9 cm³/mol. The fourth-order valence-corrected chi connectivity index (χ4v) is 1.55. The normalized spacial score (nSPS) is 29.6. The summed E-state index contributed by atoms with van der Waals surface area (Å²) in [7, 11) is 0. The van der Waals surface area contributed by atoms with Crippen LogP contribution in [0.3, 0.4) is 0 Å². The molecule has 0 aromatic rings. The smallest absolute Gasteiger partial charge is 0.116 e. The number of hydrogen-bond donors (Lipinski definition) is 2. The van der Waals surface area contributed by atoms with Gasteiger partial charge < -0.3 is 10.8 Å². The molecule has 2 unspecified atom stereocenters. The summed E-state index contributed by atoms with van der Waals surface area (Å²) in [5.74, 6) is 0.261. The van der Waals surface area contributed by atoms with Gasteiger partial charge in [0.25, 0.3) is 0 Å². The summed E-state index contributed by atoms with van der Waals surface area (Å²) >= 11 is 5.98. The minimum Gasteiger partial charge on any atom is -0.508 e. The molecule has 1 aliphatic carbocycles. The second-order valence-corrected chi connectivity index (χ2v) is 4.91. The van der Waals surface area contributed by atoms with Crippen molar-refractivity contribution in [3.8, 4) is 0 Å². The van der Waals surface area contributed by atoms with Crippen LogP contribution in [0.2, 0.25) is 0 Å². The van der Waals surface area contributed by atoms with E-state index in [0.29, 0.717) is 0 Å². The first-order chi connectivity index (χ1) is 5.82. The molecular weight excluding hydrogens is 186 g/mol. The molecule has 74 valence electrons. The Bertz CT molecular complexity index is 263. The van der Waals surface area contributed by atoms with E-state index in [0.717, 1.165) is 5.57 Å². The topological polar surface area (TPSA) is 46.2 Å². The molecule has 0 radical (unpaired) electrons. The zero-order chi connectivity index (χ0) is 10.2. The number of rotatable bonds is 0. The van der Waals surface area contributed by atoms with Crippen LogP contribution in [-0.4, -0.2) is 16.5 Å². The summed E-state index contributed by atoms with van der Waals surface area (Å²) in [4.78, 5) is 0. The van der Waals surface area contributed by atoms with Gasteiger partial charge in [-0.15, -0.1) is 11.6 Å². The molecular formula is C10H16ClNO. The van der Waals surface area contributed by atoms with Crippen LogP contribution in [0.5, 0.6) is 0 Å². The molecule has 3 N–H and O–H groups in total. The van der Waals surface area contributed by atoms with Crippen molar-refractivity contribution in [2.24, 2.45) is 11.1 Å². The standard InChI is InChI=1S/C10H16ClNO/c1-10(2,3)6-4-7(11)8(12)5-9(6)13/h4-5,7-8,13H,12H2,1-3H3. The first-order valence-electron chi connectivity index (χ1n) is 4.35. The number of nitrogens with two attached hydrogens (primary N) is 1. The molecule has 3 heteroatoms. The molecule has 0 spiro atoms. The Morgan fingerprint density at radius 2 is 1.92 bits per heavy atom. The molecule has 13 heavy (non-hydrogen) atoms. The van der Waals surface area contributed by atoms with E-state index >= 15 is 0 Å². The number of alkyl halides is 1. The average molecular weight is 202 g/mol. The minimum atomic E-state index is -0.284. The van der Waals surface area contributed by atoms with Gasteiger partial charge >= 0.3 is 0 Å². The third kappa shape index (κ3) is 2.26. The Morgan fingerprint density at radius 1 is 1.38 bits per heavy atom. The lowest BCUT2D eigenvalue weighted by molar-refractivity contribution is 0.369. The number of allylic oxidation sites excluding steroid dienone is 1.